The number of nitriles is 2. The quantitative estimate of drug-likeness (QED) is 0.446. The Morgan fingerprint density at radius 3 is 2.00 bits per heavy atom. The Labute approximate surface area is 162 Å². The van der Waals surface area contributed by atoms with Crippen molar-refractivity contribution in [3.8, 4) is 23.6 Å². The van der Waals surface area contributed by atoms with E-state index in [0.29, 0.717) is 0 Å². The third-order valence-electron chi connectivity index (χ3n) is 3.15. The zero-order chi connectivity index (χ0) is 21.1. The second-order valence-electron chi connectivity index (χ2n) is 5.06. The number of alkyl halides is 3. The number of rotatable bonds is 4. The monoisotopic (exact) mass is 461 g/mol. The number of benzene rings is 2. The highest BCUT2D eigenvalue weighted by molar-refractivity contribution is 9.10. The molecule has 0 fully saturated rings. The van der Waals surface area contributed by atoms with Gasteiger partial charge >= 0.3 is 6.18 Å². The first-order chi connectivity index (χ1) is 13.1. The molecule has 0 aliphatic rings. The van der Waals surface area contributed by atoms with E-state index in [1.54, 1.807) is 0 Å². The first kappa shape index (κ1) is 21.1. The highest BCUT2D eigenvalue weighted by atomic mass is 79.9. The van der Waals surface area contributed by atoms with Crippen LogP contribution in [0.3, 0.4) is 0 Å². The summed E-state index contributed by atoms with van der Waals surface area (Å²) in [5, 5.41) is 19.8. The normalized spacial score (nSPS) is 10.6. The van der Waals surface area contributed by atoms with Gasteiger partial charge in [0.25, 0.3) is 0 Å². The first-order valence-corrected chi connectivity index (χ1v) is 7.86. The van der Waals surface area contributed by atoms with Gasteiger partial charge in [-0.25, -0.2) is 13.2 Å². The molecule has 0 saturated heterocycles. The Balaban J connectivity index is 2.51. The minimum Gasteiger partial charge on any atom is -0.446 e. The van der Waals surface area contributed by atoms with E-state index >= 15 is 0 Å². The Morgan fingerprint density at radius 1 is 0.964 bits per heavy atom. The van der Waals surface area contributed by atoms with Gasteiger partial charge in [0.05, 0.1) is 11.3 Å². The van der Waals surface area contributed by atoms with E-state index in [1.807, 2.05) is 0 Å². The van der Waals surface area contributed by atoms with Crippen molar-refractivity contribution in [3.63, 3.8) is 0 Å². The molecular formula is C17H6BrF6N3O. The molecule has 0 amide bonds. The zero-order valence-electron chi connectivity index (χ0n) is 13.3. The van der Waals surface area contributed by atoms with Crippen molar-refractivity contribution in [2.75, 3.05) is 5.32 Å². The number of allylic oxidation sites excluding steroid dienone is 1. The maximum Gasteiger partial charge on any atom is 0.416 e. The number of hydrogen-bond donors (Lipinski definition) is 1. The summed E-state index contributed by atoms with van der Waals surface area (Å²) in [7, 11) is 0. The Morgan fingerprint density at radius 2 is 1.50 bits per heavy atom. The molecule has 11 heteroatoms. The summed E-state index contributed by atoms with van der Waals surface area (Å²) in [5.41, 5.74) is -2.24. The molecule has 0 unspecified atom stereocenters. The summed E-state index contributed by atoms with van der Waals surface area (Å²) in [6, 6.07) is 5.13. The molecule has 0 bridgehead atoms. The smallest absolute Gasteiger partial charge is 0.416 e. The van der Waals surface area contributed by atoms with Crippen LogP contribution in [0.4, 0.5) is 32.0 Å². The number of nitrogens with zero attached hydrogens (tertiary/aromatic N) is 2. The van der Waals surface area contributed by atoms with Crippen molar-refractivity contribution in [1.29, 1.82) is 10.5 Å². The molecule has 28 heavy (non-hydrogen) atoms. The highest BCUT2D eigenvalue weighted by Gasteiger charge is 2.33. The van der Waals surface area contributed by atoms with Gasteiger partial charge in [0.1, 0.15) is 17.7 Å². The predicted octanol–water partition coefficient (Wildman–Crippen LogP) is 6.02. The average molecular weight is 462 g/mol. The molecule has 2 rings (SSSR count). The number of ether oxygens (including phenoxy) is 1. The van der Waals surface area contributed by atoms with Gasteiger partial charge in [0.15, 0.2) is 29.0 Å². The van der Waals surface area contributed by atoms with Gasteiger partial charge in [0, 0.05) is 10.7 Å². The zero-order valence-corrected chi connectivity index (χ0v) is 14.9. The van der Waals surface area contributed by atoms with E-state index in [-0.39, 0.29) is 22.3 Å². The number of nitrogens with one attached hydrogen (secondary N) is 1. The molecule has 2 aromatic rings. The second-order valence-corrected chi connectivity index (χ2v) is 5.97. The van der Waals surface area contributed by atoms with Crippen molar-refractivity contribution in [2.45, 2.75) is 6.18 Å². The number of anilines is 1. The summed E-state index contributed by atoms with van der Waals surface area (Å²) in [4.78, 5) is 0. The fourth-order valence-electron chi connectivity index (χ4n) is 1.93. The van der Waals surface area contributed by atoms with E-state index in [0.717, 1.165) is 12.3 Å². The third-order valence-corrected chi connectivity index (χ3v) is 3.61. The maximum atomic E-state index is 14.2. The largest absolute Gasteiger partial charge is 0.446 e. The Hall–Kier alpha value is -3.18. The summed E-state index contributed by atoms with van der Waals surface area (Å²) >= 11 is 2.97. The van der Waals surface area contributed by atoms with Crippen LogP contribution in [0.1, 0.15) is 5.56 Å². The molecule has 144 valence electrons. The molecule has 0 saturated carbocycles. The van der Waals surface area contributed by atoms with Crippen LogP contribution in [0.25, 0.3) is 0 Å². The summed E-state index contributed by atoms with van der Waals surface area (Å²) in [6.07, 6.45) is -4.11. The first-order valence-electron chi connectivity index (χ1n) is 7.07. The van der Waals surface area contributed by atoms with Crippen molar-refractivity contribution in [1.82, 2.24) is 0 Å². The molecule has 1 N–H and O–H groups in total. The van der Waals surface area contributed by atoms with Gasteiger partial charge in [-0.05, 0) is 24.3 Å². The van der Waals surface area contributed by atoms with Gasteiger partial charge in [-0.2, -0.15) is 23.7 Å². The molecule has 2 aromatic carbocycles. The number of halogens is 7. The van der Waals surface area contributed by atoms with Crippen LogP contribution in [0, 0.1) is 40.1 Å². The SMILES string of the molecule is N#CC(C#N)=CNc1cc(Br)cc(F)c1Oc1c(F)cc(C(F)(F)F)cc1F. The molecule has 0 radical (unpaired) electrons. The highest BCUT2D eigenvalue weighted by Crippen LogP contribution is 2.39. The second kappa shape index (κ2) is 8.23. The molecule has 0 aliphatic carbocycles. The average Bonchev–Trinajstić information content (AvgIpc) is 2.59. The van der Waals surface area contributed by atoms with Crippen LogP contribution in [-0.2, 0) is 6.18 Å². The van der Waals surface area contributed by atoms with Crippen LogP contribution in [0.15, 0.2) is 40.5 Å². The van der Waals surface area contributed by atoms with Crippen molar-refractivity contribution in [3.05, 3.63) is 63.5 Å². The van der Waals surface area contributed by atoms with Crippen LogP contribution in [-0.4, -0.2) is 0 Å². The molecule has 0 atom stereocenters. The van der Waals surface area contributed by atoms with Crippen LogP contribution in [0.2, 0.25) is 0 Å². The van der Waals surface area contributed by atoms with Gasteiger partial charge in [-0.1, -0.05) is 15.9 Å². The van der Waals surface area contributed by atoms with Crippen LogP contribution in [0.5, 0.6) is 11.5 Å². The molecule has 0 heterocycles. The van der Waals surface area contributed by atoms with Gasteiger partial charge in [-0.3, -0.25) is 0 Å². The molecule has 0 spiro atoms. The summed E-state index contributed by atoms with van der Waals surface area (Å²) < 4.78 is 85.1. The Bertz CT molecular complexity index is 998. The van der Waals surface area contributed by atoms with E-state index in [1.165, 1.54) is 18.2 Å². The maximum absolute atomic E-state index is 14.2. The standard InChI is InChI=1S/C17H6BrF6N3O/c18-10-3-13(21)16(14(4-10)27-7-8(5-25)6-26)28-15-11(19)1-9(2-12(15)20)17(22,23)24/h1-4,7,27H. The van der Waals surface area contributed by atoms with Crippen molar-refractivity contribution < 1.29 is 31.1 Å². The van der Waals surface area contributed by atoms with Crippen LogP contribution < -0.4 is 10.1 Å². The predicted molar refractivity (Wildman–Crippen MR) is 88.5 cm³/mol. The van der Waals surface area contributed by atoms with E-state index in [2.05, 4.69) is 21.2 Å². The molecule has 0 aromatic heterocycles. The van der Waals surface area contributed by atoms with E-state index in [4.69, 9.17) is 15.3 Å². The summed E-state index contributed by atoms with van der Waals surface area (Å²) in [5.74, 6) is -6.56. The lowest BCUT2D eigenvalue weighted by Crippen LogP contribution is -2.07. The lowest BCUT2D eigenvalue weighted by molar-refractivity contribution is -0.138. The van der Waals surface area contributed by atoms with Crippen molar-refractivity contribution in [2.24, 2.45) is 0 Å². The third kappa shape index (κ3) is 4.75. The minimum atomic E-state index is -4.99. The fraction of sp³-hybridized carbons (Fsp3) is 0.0588. The number of hydrogen-bond acceptors (Lipinski definition) is 4. The van der Waals surface area contributed by atoms with Gasteiger partial charge in [0.2, 0.25) is 0 Å². The minimum absolute atomic E-state index is 0.00560. The molecular weight excluding hydrogens is 456 g/mol. The topological polar surface area (TPSA) is 68.8 Å². The van der Waals surface area contributed by atoms with Crippen LogP contribution >= 0.6 is 15.9 Å². The summed E-state index contributed by atoms with van der Waals surface area (Å²) in [6.45, 7) is 0. The van der Waals surface area contributed by atoms with E-state index < -0.39 is 46.3 Å². The Kier molecular flexibility index (Phi) is 6.21. The lowest BCUT2D eigenvalue weighted by Gasteiger charge is -2.15. The van der Waals surface area contributed by atoms with Gasteiger partial charge < -0.3 is 10.1 Å². The lowest BCUT2D eigenvalue weighted by atomic mass is 10.2. The van der Waals surface area contributed by atoms with Gasteiger partial charge in [-0.15, -0.1) is 0 Å². The van der Waals surface area contributed by atoms with E-state index in [9.17, 15) is 26.3 Å². The molecule has 0 aliphatic heterocycles. The van der Waals surface area contributed by atoms with Crippen molar-refractivity contribution >= 4 is 21.6 Å². The molecule has 4 nitrogen and oxygen atoms in total. The fourth-order valence-corrected chi connectivity index (χ4v) is 2.36.